The van der Waals surface area contributed by atoms with Crippen LogP contribution in [0.25, 0.3) is 0 Å². The summed E-state index contributed by atoms with van der Waals surface area (Å²) in [6.07, 6.45) is 3.50. The summed E-state index contributed by atoms with van der Waals surface area (Å²) in [5, 5.41) is 4.58. The van der Waals surface area contributed by atoms with Crippen molar-refractivity contribution in [3.63, 3.8) is 0 Å². The molecule has 1 fully saturated rings. The van der Waals surface area contributed by atoms with Crippen LogP contribution in [0.15, 0.2) is 0 Å². The summed E-state index contributed by atoms with van der Waals surface area (Å²) in [6, 6.07) is 0.191. The molecule has 1 aliphatic heterocycles. The fourth-order valence-electron chi connectivity index (χ4n) is 3.00. The van der Waals surface area contributed by atoms with Crippen LogP contribution >= 0.6 is 0 Å². The third kappa shape index (κ3) is 2.53. The zero-order chi connectivity index (χ0) is 13.3. The summed E-state index contributed by atoms with van der Waals surface area (Å²) < 4.78 is 2.03. The van der Waals surface area contributed by atoms with Gasteiger partial charge >= 0.3 is 0 Å². The minimum atomic E-state index is 0.191. The summed E-state index contributed by atoms with van der Waals surface area (Å²) in [5.74, 6) is 2.13. The molecule has 0 bridgehead atoms. The van der Waals surface area contributed by atoms with E-state index in [9.17, 15) is 0 Å². The van der Waals surface area contributed by atoms with Crippen molar-refractivity contribution in [2.24, 2.45) is 18.7 Å². The Labute approximate surface area is 110 Å². The van der Waals surface area contributed by atoms with Gasteiger partial charge in [0.25, 0.3) is 0 Å². The number of nitrogens with two attached hydrogens (primary N) is 1. The third-order valence-electron chi connectivity index (χ3n) is 4.00. The fourth-order valence-corrected chi connectivity index (χ4v) is 3.00. The number of anilines is 1. The van der Waals surface area contributed by atoms with Gasteiger partial charge in [0.1, 0.15) is 5.82 Å². The lowest BCUT2D eigenvalue weighted by atomic mass is 10.1. The van der Waals surface area contributed by atoms with E-state index in [4.69, 9.17) is 5.73 Å². The van der Waals surface area contributed by atoms with E-state index in [0.29, 0.717) is 0 Å². The summed E-state index contributed by atoms with van der Waals surface area (Å²) in [4.78, 5) is 2.49. The predicted octanol–water partition coefficient (Wildman–Crippen LogP) is 1.85. The lowest BCUT2D eigenvalue weighted by Gasteiger charge is -2.21. The molecule has 4 heteroatoms. The van der Waals surface area contributed by atoms with E-state index in [2.05, 4.69) is 30.8 Å². The van der Waals surface area contributed by atoms with Gasteiger partial charge in [-0.3, -0.25) is 4.68 Å². The number of rotatable bonds is 4. The molecule has 0 radical (unpaired) electrons. The molecular formula is C14H26N4. The maximum atomic E-state index is 5.97. The summed E-state index contributed by atoms with van der Waals surface area (Å²) in [7, 11) is 2.05. The van der Waals surface area contributed by atoms with Crippen LogP contribution in [-0.4, -0.2) is 28.9 Å². The molecule has 0 aliphatic carbocycles. The van der Waals surface area contributed by atoms with E-state index in [-0.39, 0.29) is 6.04 Å². The fraction of sp³-hybridized carbons (Fsp3) is 0.786. The van der Waals surface area contributed by atoms with Crippen LogP contribution in [0.3, 0.4) is 0 Å². The van der Waals surface area contributed by atoms with Gasteiger partial charge in [0.15, 0.2) is 0 Å². The summed E-state index contributed by atoms with van der Waals surface area (Å²) in [6.45, 7) is 8.76. The molecule has 4 nitrogen and oxygen atoms in total. The van der Waals surface area contributed by atoms with Crippen LogP contribution in [0, 0.1) is 12.8 Å². The van der Waals surface area contributed by atoms with Gasteiger partial charge in [0.05, 0.1) is 5.69 Å². The number of aryl methyl sites for hydroxylation is 2. The van der Waals surface area contributed by atoms with Crippen LogP contribution in [0.5, 0.6) is 0 Å². The molecule has 1 aromatic heterocycles. The Morgan fingerprint density at radius 2 is 2.22 bits per heavy atom. The lowest BCUT2D eigenvalue weighted by molar-refractivity contribution is 0.567. The van der Waals surface area contributed by atoms with Gasteiger partial charge in [0.2, 0.25) is 0 Å². The highest BCUT2D eigenvalue weighted by Gasteiger charge is 2.26. The van der Waals surface area contributed by atoms with Crippen LogP contribution in [0.2, 0.25) is 0 Å². The second-order valence-corrected chi connectivity index (χ2v) is 5.70. The summed E-state index contributed by atoms with van der Waals surface area (Å²) in [5.41, 5.74) is 8.43. The van der Waals surface area contributed by atoms with Crippen molar-refractivity contribution in [3.05, 3.63) is 11.3 Å². The standard InChI is InChI=1S/C14H26N4/c1-5-12-6-7-18(9-12)14-13(8-10(2)15)11(3)16-17(14)4/h10,12H,5-9,15H2,1-4H3. The van der Waals surface area contributed by atoms with Crippen molar-refractivity contribution >= 4 is 5.82 Å². The number of nitrogens with zero attached hydrogens (tertiary/aromatic N) is 3. The molecule has 2 N–H and O–H groups in total. The molecule has 0 saturated carbocycles. The molecule has 1 aromatic rings. The van der Waals surface area contributed by atoms with Gasteiger partial charge in [-0.05, 0) is 32.6 Å². The molecule has 0 amide bonds. The number of aromatic nitrogens is 2. The van der Waals surface area contributed by atoms with Crippen molar-refractivity contribution < 1.29 is 0 Å². The topological polar surface area (TPSA) is 47.1 Å². The molecular weight excluding hydrogens is 224 g/mol. The van der Waals surface area contributed by atoms with E-state index >= 15 is 0 Å². The van der Waals surface area contributed by atoms with Crippen molar-refractivity contribution in [1.82, 2.24) is 9.78 Å². The van der Waals surface area contributed by atoms with Gasteiger partial charge in [-0.25, -0.2) is 0 Å². The lowest BCUT2D eigenvalue weighted by Crippen LogP contribution is -2.25. The van der Waals surface area contributed by atoms with Crippen molar-refractivity contribution in [3.8, 4) is 0 Å². The second-order valence-electron chi connectivity index (χ2n) is 5.70. The average Bonchev–Trinajstić information content (AvgIpc) is 2.84. The average molecular weight is 250 g/mol. The largest absolute Gasteiger partial charge is 0.356 e. The van der Waals surface area contributed by atoms with E-state index in [1.165, 1.54) is 30.8 Å². The highest BCUT2D eigenvalue weighted by molar-refractivity contribution is 5.51. The monoisotopic (exact) mass is 250 g/mol. The van der Waals surface area contributed by atoms with Crippen molar-refractivity contribution in [2.75, 3.05) is 18.0 Å². The van der Waals surface area contributed by atoms with Crippen LogP contribution in [-0.2, 0) is 13.5 Å². The Kier molecular flexibility index (Phi) is 3.95. The first-order chi connectivity index (χ1) is 8.52. The molecule has 0 spiro atoms. The third-order valence-corrected chi connectivity index (χ3v) is 4.00. The highest BCUT2D eigenvalue weighted by atomic mass is 15.4. The maximum absolute atomic E-state index is 5.97. The first kappa shape index (κ1) is 13.4. The van der Waals surface area contributed by atoms with E-state index in [1.807, 2.05) is 11.7 Å². The van der Waals surface area contributed by atoms with Gasteiger partial charge in [-0.2, -0.15) is 5.10 Å². The quantitative estimate of drug-likeness (QED) is 0.887. The van der Waals surface area contributed by atoms with E-state index in [0.717, 1.165) is 24.6 Å². The van der Waals surface area contributed by atoms with Gasteiger partial charge in [-0.15, -0.1) is 0 Å². The van der Waals surface area contributed by atoms with Crippen LogP contribution < -0.4 is 10.6 Å². The second kappa shape index (κ2) is 5.31. The van der Waals surface area contributed by atoms with Crippen molar-refractivity contribution in [2.45, 2.75) is 46.1 Å². The molecule has 1 aliphatic rings. The predicted molar refractivity (Wildman–Crippen MR) is 75.9 cm³/mol. The zero-order valence-electron chi connectivity index (χ0n) is 12.1. The molecule has 18 heavy (non-hydrogen) atoms. The smallest absolute Gasteiger partial charge is 0.130 e. The Bertz CT molecular complexity index is 408. The van der Waals surface area contributed by atoms with E-state index < -0.39 is 0 Å². The van der Waals surface area contributed by atoms with Gasteiger partial charge in [-0.1, -0.05) is 13.3 Å². The molecule has 2 rings (SSSR count). The molecule has 102 valence electrons. The maximum Gasteiger partial charge on any atom is 0.130 e. The highest BCUT2D eigenvalue weighted by Crippen LogP contribution is 2.30. The summed E-state index contributed by atoms with van der Waals surface area (Å²) >= 11 is 0. The van der Waals surface area contributed by atoms with E-state index in [1.54, 1.807) is 0 Å². The molecule has 0 aromatic carbocycles. The molecule has 2 unspecified atom stereocenters. The minimum Gasteiger partial charge on any atom is -0.356 e. The first-order valence-electron chi connectivity index (χ1n) is 7.05. The van der Waals surface area contributed by atoms with Gasteiger partial charge < -0.3 is 10.6 Å². The number of hydrogen-bond donors (Lipinski definition) is 1. The normalized spacial score (nSPS) is 21.6. The Balaban J connectivity index is 2.26. The minimum absolute atomic E-state index is 0.191. The first-order valence-corrected chi connectivity index (χ1v) is 7.05. The van der Waals surface area contributed by atoms with Crippen LogP contribution in [0.4, 0.5) is 5.82 Å². The Morgan fingerprint density at radius 1 is 1.50 bits per heavy atom. The van der Waals surface area contributed by atoms with Crippen molar-refractivity contribution in [1.29, 1.82) is 0 Å². The SMILES string of the molecule is CCC1CCN(c2c(CC(C)N)c(C)nn2C)C1. The number of hydrogen-bond acceptors (Lipinski definition) is 3. The Morgan fingerprint density at radius 3 is 2.78 bits per heavy atom. The zero-order valence-corrected chi connectivity index (χ0v) is 12.1. The molecule has 2 atom stereocenters. The molecule has 1 saturated heterocycles. The van der Waals surface area contributed by atoms with Crippen LogP contribution in [0.1, 0.15) is 37.9 Å². The molecule has 2 heterocycles. The Hall–Kier alpha value is -1.03. The van der Waals surface area contributed by atoms with Gasteiger partial charge in [0, 0.05) is 31.7 Å².